The van der Waals surface area contributed by atoms with Crippen molar-refractivity contribution in [3.8, 4) is 5.75 Å². The van der Waals surface area contributed by atoms with Crippen LogP contribution in [0.3, 0.4) is 0 Å². The predicted octanol–water partition coefficient (Wildman–Crippen LogP) is 2.57. The van der Waals surface area contributed by atoms with Crippen molar-refractivity contribution in [2.24, 2.45) is 0 Å². The van der Waals surface area contributed by atoms with Gasteiger partial charge in [-0.25, -0.2) is 4.79 Å². The highest BCUT2D eigenvalue weighted by Crippen LogP contribution is 2.14. The van der Waals surface area contributed by atoms with Gasteiger partial charge in [0.15, 0.2) is 0 Å². The molecule has 0 bridgehead atoms. The summed E-state index contributed by atoms with van der Waals surface area (Å²) in [5, 5.41) is 8.69. The highest BCUT2D eigenvalue weighted by molar-refractivity contribution is 5.91. The first kappa shape index (κ1) is 11.3. The minimum absolute atomic E-state index is 0.319. The molecular formula is C12H14O3. The molecule has 1 aromatic rings. The van der Waals surface area contributed by atoms with E-state index in [0.29, 0.717) is 12.2 Å². The summed E-state index contributed by atoms with van der Waals surface area (Å²) in [7, 11) is 0. The maximum Gasteiger partial charge on any atom is 0.331 e. The van der Waals surface area contributed by atoms with Gasteiger partial charge in [0.1, 0.15) is 5.75 Å². The van der Waals surface area contributed by atoms with Crippen molar-refractivity contribution in [1.29, 1.82) is 0 Å². The average molecular weight is 206 g/mol. The van der Waals surface area contributed by atoms with Gasteiger partial charge < -0.3 is 9.84 Å². The van der Waals surface area contributed by atoms with Gasteiger partial charge >= 0.3 is 5.97 Å². The molecule has 1 aromatic carbocycles. The number of benzene rings is 1. The second-order valence-corrected chi connectivity index (χ2v) is 3.13. The third kappa shape index (κ3) is 3.46. The zero-order chi connectivity index (χ0) is 11.3. The number of aliphatic carboxylic acids is 1. The number of hydrogen-bond donors (Lipinski definition) is 1. The van der Waals surface area contributed by atoms with Gasteiger partial charge in [0.2, 0.25) is 0 Å². The summed E-state index contributed by atoms with van der Waals surface area (Å²) in [6, 6.07) is 7.31. The fourth-order valence-corrected chi connectivity index (χ4v) is 1.14. The van der Waals surface area contributed by atoms with E-state index in [1.165, 1.54) is 0 Å². The van der Waals surface area contributed by atoms with Crippen molar-refractivity contribution in [2.45, 2.75) is 13.8 Å². The van der Waals surface area contributed by atoms with Crippen LogP contribution in [0, 0.1) is 0 Å². The van der Waals surface area contributed by atoms with Crippen LogP contribution in [0.1, 0.15) is 19.4 Å². The van der Waals surface area contributed by atoms with Crippen molar-refractivity contribution in [1.82, 2.24) is 0 Å². The fraction of sp³-hybridized carbons (Fsp3) is 0.250. The normalized spacial score (nSPS) is 11.2. The molecule has 0 saturated carbocycles. The Morgan fingerprint density at radius 1 is 1.40 bits per heavy atom. The highest BCUT2D eigenvalue weighted by Gasteiger charge is 1.99. The van der Waals surface area contributed by atoms with Crippen LogP contribution < -0.4 is 4.74 Å². The Balaban J connectivity index is 2.80. The number of carbonyl (C=O) groups is 1. The van der Waals surface area contributed by atoms with Gasteiger partial charge in [0.05, 0.1) is 6.61 Å². The van der Waals surface area contributed by atoms with Crippen LogP contribution in [-0.4, -0.2) is 17.7 Å². The maximum absolute atomic E-state index is 10.6. The van der Waals surface area contributed by atoms with Gasteiger partial charge in [-0.1, -0.05) is 12.1 Å². The molecule has 3 heteroatoms. The standard InChI is InChI=1S/C12H14O3/c1-3-15-11-6-4-10(5-7-11)8-9(2)12(13)14/h4-8H,3H2,1-2H3,(H,13,14)/b9-8+. The summed E-state index contributed by atoms with van der Waals surface area (Å²) in [5.41, 5.74) is 1.18. The lowest BCUT2D eigenvalue weighted by Gasteiger charge is -2.02. The van der Waals surface area contributed by atoms with Gasteiger partial charge in [-0.15, -0.1) is 0 Å². The molecule has 0 heterocycles. The molecule has 0 atom stereocenters. The van der Waals surface area contributed by atoms with Crippen LogP contribution in [0.2, 0.25) is 0 Å². The molecule has 0 aliphatic rings. The molecular weight excluding hydrogens is 192 g/mol. The average Bonchev–Trinajstić information content (AvgIpc) is 2.21. The first-order valence-electron chi connectivity index (χ1n) is 4.78. The number of rotatable bonds is 4. The van der Waals surface area contributed by atoms with Crippen LogP contribution in [0.5, 0.6) is 5.75 Å². The van der Waals surface area contributed by atoms with E-state index in [1.54, 1.807) is 13.0 Å². The van der Waals surface area contributed by atoms with Crippen LogP contribution in [0.25, 0.3) is 6.08 Å². The fourth-order valence-electron chi connectivity index (χ4n) is 1.14. The Morgan fingerprint density at radius 3 is 2.47 bits per heavy atom. The molecule has 0 fully saturated rings. The molecule has 1 N–H and O–H groups in total. The van der Waals surface area contributed by atoms with E-state index < -0.39 is 5.97 Å². The van der Waals surface area contributed by atoms with Crippen molar-refractivity contribution >= 4 is 12.0 Å². The molecule has 0 spiro atoms. The number of carboxylic acids is 1. The molecule has 1 rings (SSSR count). The summed E-state index contributed by atoms with van der Waals surface area (Å²) >= 11 is 0. The van der Waals surface area contributed by atoms with Gasteiger partial charge in [0.25, 0.3) is 0 Å². The number of carboxylic acid groups (broad SMARTS) is 1. The van der Waals surface area contributed by atoms with Gasteiger partial charge in [0, 0.05) is 5.57 Å². The van der Waals surface area contributed by atoms with Crippen molar-refractivity contribution < 1.29 is 14.6 Å². The van der Waals surface area contributed by atoms with Gasteiger partial charge in [-0.05, 0) is 37.6 Å². The second kappa shape index (κ2) is 5.20. The van der Waals surface area contributed by atoms with Crippen molar-refractivity contribution in [3.05, 3.63) is 35.4 Å². The minimum Gasteiger partial charge on any atom is -0.494 e. The molecule has 0 radical (unpaired) electrons. The molecule has 0 aromatic heterocycles. The van der Waals surface area contributed by atoms with Crippen LogP contribution in [0.4, 0.5) is 0 Å². The Kier molecular flexibility index (Phi) is 3.92. The van der Waals surface area contributed by atoms with E-state index in [2.05, 4.69) is 0 Å². The summed E-state index contributed by atoms with van der Waals surface area (Å²) in [5.74, 6) is -0.105. The molecule has 0 aliphatic heterocycles. The maximum atomic E-state index is 10.6. The largest absolute Gasteiger partial charge is 0.494 e. The van der Waals surface area contributed by atoms with Gasteiger partial charge in [-0.2, -0.15) is 0 Å². The molecule has 3 nitrogen and oxygen atoms in total. The number of ether oxygens (including phenoxy) is 1. The summed E-state index contributed by atoms with van der Waals surface area (Å²) < 4.78 is 5.28. The lowest BCUT2D eigenvalue weighted by molar-refractivity contribution is -0.132. The van der Waals surface area contributed by atoms with E-state index in [1.807, 2.05) is 31.2 Å². The zero-order valence-electron chi connectivity index (χ0n) is 8.86. The lowest BCUT2D eigenvalue weighted by Crippen LogP contribution is -1.95. The topological polar surface area (TPSA) is 46.5 Å². The number of hydrogen-bond acceptors (Lipinski definition) is 2. The molecule has 80 valence electrons. The lowest BCUT2D eigenvalue weighted by atomic mass is 10.1. The van der Waals surface area contributed by atoms with Crippen LogP contribution >= 0.6 is 0 Å². The first-order chi connectivity index (χ1) is 7.13. The Hall–Kier alpha value is -1.77. The Morgan fingerprint density at radius 2 is 2.00 bits per heavy atom. The third-order valence-electron chi connectivity index (χ3n) is 1.91. The summed E-state index contributed by atoms with van der Waals surface area (Å²) in [6.07, 6.45) is 1.62. The van der Waals surface area contributed by atoms with Crippen molar-refractivity contribution in [3.63, 3.8) is 0 Å². The van der Waals surface area contributed by atoms with E-state index in [4.69, 9.17) is 9.84 Å². The van der Waals surface area contributed by atoms with Crippen LogP contribution in [0.15, 0.2) is 29.8 Å². The zero-order valence-corrected chi connectivity index (χ0v) is 8.86. The summed E-state index contributed by atoms with van der Waals surface area (Å²) in [6.45, 7) is 4.12. The molecule has 0 amide bonds. The quantitative estimate of drug-likeness (QED) is 0.770. The second-order valence-electron chi connectivity index (χ2n) is 3.13. The Bertz CT molecular complexity index is 363. The smallest absolute Gasteiger partial charge is 0.331 e. The SMILES string of the molecule is CCOc1ccc(/C=C(\C)C(=O)O)cc1. The predicted molar refractivity (Wildman–Crippen MR) is 58.9 cm³/mol. The third-order valence-corrected chi connectivity index (χ3v) is 1.91. The highest BCUT2D eigenvalue weighted by atomic mass is 16.5. The molecule has 0 unspecified atom stereocenters. The van der Waals surface area contributed by atoms with Crippen LogP contribution in [-0.2, 0) is 4.79 Å². The minimum atomic E-state index is -0.899. The van der Waals surface area contributed by atoms with Gasteiger partial charge in [-0.3, -0.25) is 0 Å². The van der Waals surface area contributed by atoms with Crippen molar-refractivity contribution in [2.75, 3.05) is 6.61 Å². The molecule has 0 aliphatic carbocycles. The first-order valence-corrected chi connectivity index (χ1v) is 4.78. The van der Waals surface area contributed by atoms with E-state index in [9.17, 15) is 4.79 Å². The van der Waals surface area contributed by atoms with E-state index >= 15 is 0 Å². The summed E-state index contributed by atoms with van der Waals surface area (Å²) in [4.78, 5) is 10.6. The molecule has 0 saturated heterocycles. The molecule has 15 heavy (non-hydrogen) atoms. The monoisotopic (exact) mass is 206 g/mol. The van der Waals surface area contributed by atoms with E-state index in [0.717, 1.165) is 11.3 Å². The Labute approximate surface area is 89.0 Å². The van der Waals surface area contributed by atoms with E-state index in [-0.39, 0.29) is 0 Å².